The van der Waals surface area contributed by atoms with Crippen LogP contribution < -0.4 is 10.4 Å². The monoisotopic (exact) mass is 549 g/mol. The van der Waals surface area contributed by atoms with Crippen LogP contribution in [-0.2, 0) is 24.8 Å². The Morgan fingerprint density at radius 1 is 0.895 bits per heavy atom. The maximum absolute atomic E-state index is 12.9. The number of aliphatic carboxylic acids is 1. The van der Waals surface area contributed by atoms with Crippen molar-refractivity contribution in [3.63, 3.8) is 0 Å². The second-order valence-electron chi connectivity index (χ2n) is 10.3. The van der Waals surface area contributed by atoms with E-state index in [2.05, 4.69) is 5.32 Å². The lowest BCUT2D eigenvalue weighted by atomic mass is 9.91. The minimum absolute atomic E-state index is 0.00334. The van der Waals surface area contributed by atoms with E-state index in [9.17, 15) is 24.7 Å². The number of quaternary nitrogens is 1. The lowest BCUT2D eigenvalue weighted by Crippen LogP contribution is -2.95. The SMILES string of the molecule is C1CCC([NH2+]C2CCCCC2)CC1.CCOP(=O)(OCC)C(Cc1c(O)ccc2c(O)cccc12)C(=O)[O-]. The van der Waals surface area contributed by atoms with Crippen LogP contribution in [0.3, 0.4) is 0 Å². The van der Waals surface area contributed by atoms with Crippen molar-refractivity contribution in [1.29, 1.82) is 0 Å². The fraction of sp³-hybridized carbons (Fsp3) is 0.621. The van der Waals surface area contributed by atoms with Gasteiger partial charge < -0.3 is 34.5 Å². The number of nitrogens with two attached hydrogens (primary N) is 1. The zero-order valence-corrected chi connectivity index (χ0v) is 23.7. The number of carboxylic acid groups (broad SMARTS) is 1. The minimum atomic E-state index is -4.00. The molecule has 0 heterocycles. The molecule has 8 nitrogen and oxygen atoms in total. The molecular weight excluding hydrogens is 505 g/mol. The fourth-order valence-corrected chi connectivity index (χ4v) is 7.56. The van der Waals surface area contributed by atoms with E-state index >= 15 is 0 Å². The lowest BCUT2D eigenvalue weighted by Gasteiger charge is -2.27. The number of fused-ring (bicyclic) bond motifs is 1. The summed E-state index contributed by atoms with van der Waals surface area (Å²) in [5, 5.41) is 35.4. The molecule has 0 spiro atoms. The molecule has 0 aromatic heterocycles. The molecule has 2 aromatic carbocycles. The van der Waals surface area contributed by atoms with Gasteiger partial charge in [0.1, 0.15) is 17.2 Å². The molecule has 2 aromatic rings. The van der Waals surface area contributed by atoms with Crippen molar-refractivity contribution in [3.8, 4) is 11.5 Å². The summed E-state index contributed by atoms with van der Waals surface area (Å²) >= 11 is 0. The van der Waals surface area contributed by atoms with E-state index in [1.807, 2.05) is 0 Å². The molecule has 38 heavy (non-hydrogen) atoms. The summed E-state index contributed by atoms with van der Waals surface area (Å²) in [6, 6.07) is 9.53. The Bertz CT molecular complexity index is 1050. The number of aromatic hydroxyl groups is 2. The summed E-state index contributed by atoms with van der Waals surface area (Å²) in [7, 11) is -4.00. The Balaban J connectivity index is 0.000000256. The van der Waals surface area contributed by atoms with Crippen LogP contribution in [0.15, 0.2) is 30.3 Å². The molecule has 1 atom stereocenters. The molecule has 0 bridgehead atoms. The van der Waals surface area contributed by atoms with E-state index in [0.717, 1.165) is 12.1 Å². The predicted octanol–water partition coefficient (Wildman–Crippen LogP) is 4.39. The van der Waals surface area contributed by atoms with Gasteiger partial charge in [0.2, 0.25) is 0 Å². The third-order valence-electron chi connectivity index (χ3n) is 7.64. The van der Waals surface area contributed by atoms with Crippen LogP contribution in [0.25, 0.3) is 10.8 Å². The van der Waals surface area contributed by atoms with Crippen molar-refractivity contribution in [2.45, 2.75) is 102 Å². The van der Waals surface area contributed by atoms with E-state index in [4.69, 9.17) is 9.05 Å². The van der Waals surface area contributed by atoms with E-state index in [1.165, 1.54) is 82.4 Å². The van der Waals surface area contributed by atoms with Crippen LogP contribution in [0.4, 0.5) is 0 Å². The first-order valence-corrected chi connectivity index (χ1v) is 15.8. The summed E-state index contributed by atoms with van der Waals surface area (Å²) in [5.41, 5.74) is -1.37. The number of hydrogen-bond acceptors (Lipinski definition) is 7. The van der Waals surface area contributed by atoms with Gasteiger partial charge in [0.05, 0.1) is 31.3 Å². The molecule has 2 aliphatic carbocycles. The van der Waals surface area contributed by atoms with Crippen molar-refractivity contribution in [2.75, 3.05) is 13.2 Å². The van der Waals surface area contributed by atoms with Gasteiger partial charge in [-0.3, -0.25) is 4.57 Å². The van der Waals surface area contributed by atoms with Gasteiger partial charge in [0, 0.05) is 10.9 Å². The predicted molar refractivity (Wildman–Crippen MR) is 146 cm³/mol. The third kappa shape index (κ3) is 8.19. The number of rotatable bonds is 10. The van der Waals surface area contributed by atoms with Crippen molar-refractivity contribution in [2.24, 2.45) is 0 Å². The van der Waals surface area contributed by atoms with Gasteiger partial charge in [-0.2, -0.15) is 0 Å². The average Bonchev–Trinajstić information content (AvgIpc) is 2.90. The first-order valence-electron chi connectivity index (χ1n) is 14.2. The molecule has 0 amide bonds. The zero-order valence-electron chi connectivity index (χ0n) is 22.8. The molecule has 2 fully saturated rings. The number of hydrogen-bond donors (Lipinski definition) is 3. The van der Waals surface area contributed by atoms with E-state index in [1.54, 1.807) is 26.0 Å². The molecule has 0 saturated heterocycles. The van der Waals surface area contributed by atoms with Crippen molar-refractivity contribution >= 4 is 24.3 Å². The maximum Gasteiger partial charge on any atom is 0.339 e. The summed E-state index contributed by atoms with van der Waals surface area (Å²) in [6.45, 7) is 3.16. The van der Waals surface area contributed by atoms with Crippen LogP contribution in [0.1, 0.15) is 83.6 Å². The number of carbonyl (C=O) groups is 1. The van der Waals surface area contributed by atoms with Crippen molar-refractivity contribution in [1.82, 2.24) is 0 Å². The molecular formula is C29H44NO7P. The molecule has 9 heteroatoms. The van der Waals surface area contributed by atoms with Gasteiger partial charge in [0.15, 0.2) is 0 Å². The third-order valence-corrected chi connectivity index (χ3v) is 10.0. The normalized spacial score (nSPS) is 18.1. The fourth-order valence-electron chi connectivity index (χ4n) is 5.74. The van der Waals surface area contributed by atoms with Crippen LogP contribution in [-0.4, -0.2) is 47.1 Å². The van der Waals surface area contributed by atoms with E-state index in [0.29, 0.717) is 10.8 Å². The molecule has 4 rings (SSSR count). The largest absolute Gasteiger partial charge is 0.549 e. The first-order chi connectivity index (χ1) is 18.3. The minimum Gasteiger partial charge on any atom is -0.549 e. The Hall–Kier alpha value is -2.12. The quantitative estimate of drug-likeness (QED) is 0.374. The molecule has 212 valence electrons. The average molecular weight is 550 g/mol. The summed E-state index contributed by atoms with van der Waals surface area (Å²) < 4.78 is 23.1. The molecule has 0 aliphatic heterocycles. The van der Waals surface area contributed by atoms with Crippen molar-refractivity contribution < 1.29 is 39.0 Å². The first kappa shape index (κ1) is 30.4. The lowest BCUT2D eigenvalue weighted by molar-refractivity contribution is -0.725. The van der Waals surface area contributed by atoms with Gasteiger partial charge >= 0.3 is 7.60 Å². The second kappa shape index (κ2) is 14.9. The Morgan fingerprint density at radius 2 is 1.45 bits per heavy atom. The van der Waals surface area contributed by atoms with Crippen LogP contribution in [0, 0.1) is 0 Å². The number of phenols is 2. The van der Waals surface area contributed by atoms with Crippen LogP contribution >= 0.6 is 7.60 Å². The van der Waals surface area contributed by atoms with E-state index in [-0.39, 0.29) is 36.7 Å². The van der Waals surface area contributed by atoms with Gasteiger partial charge in [-0.25, -0.2) is 0 Å². The molecule has 1 unspecified atom stereocenters. The standard InChI is InChI=1S/C17H21O7P.C12H23N/c1-3-23-25(22,24-4-2)16(17(20)21)10-13-11-6-5-7-14(18)12(11)8-9-15(13)19;1-3-7-11(8-4-1)13-12-9-5-2-6-10-12/h5-9,16,18-19H,3-4,10H2,1-2H3,(H,20,21);11-13H,1-10H2. The molecule has 0 radical (unpaired) electrons. The Morgan fingerprint density at radius 3 is 1.95 bits per heavy atom. The van der Waals surface area contributed by atoms with Gasteiger partial charge in [-0.05, 0) is 95.2 Å². The van der Waals surface area contributed by atoms with Crippen molar-refractivity contribution in [3.05, 3.63) is 35.9 Å². The summed E-state index contributed by atoms with van der Waals surface area (Å²) in [4.78, 5) is 11.6. The van der Waals surface area contributed by atoms with Gasteiger partial charge in [0.25, 0.3) is 0 Å². The zero-order chi connectivity index (χ0) is 27.5. The summed E-state index contributed by atoms with van der Waals surface area (Å²) in [6.07, 6.45) is 14.6. The highest BCUT2D eigenvalue weighted by Crippen LogP contribution is 2.54. The topological polar surface area (TPSA) is 133 Å². The molecule has 2 aliphatic rings. The Kier molecular flexibility index (Phi) is 11.9. The number of carboxylic acids is 1. The molecule has 4 N–H and O–H groups in total. The smallest absolute Gasteiger partial charge is 0.339 e. The highest BCUT2D eigenvalue weighted by Gasteiger charge is 2.37. The number of carbonyl (C=O) groups excluding carboxylic acids is 1. The van der Waals surface area contributed by atoms with E-state index < -0.39 is 19.2 Å². The number of benzene rings is 2. The van der Waals surface area contributed by atoms with Crippen LogP contribution in [0.2, 0.25) is 0 Å². The second-order valence-corrected chi connectivity index (χ2v) is 12.6. The van der Waals surface area contributed by atoms with Gasteiger partial charge in [-0.1, -0.05) is 25.0 Å². The Labute approximate surface area is 226 Å². The molecule has 2 saturated carbocycles. The van der Waals surface area contributed by atoms with Crippen LogP contribution in [0.5, 0.6) is 11.5 Å². The number of phenolic OH excluding ortho intramolecular Hbond substituents is 2. The van der Waals surface area contributed by atoms with Gasteiger partial charge in [-0.15, -0.1) is 0 Å². The summed E-state index contributed by atoms with van der Waals surface area (Å²) in [5.74, 6) is -1.78. The highest BCUT2D eigenvalue weighted by atomic mass is 31.2. The maximum atomic E-state index is 12.9. The highest BCUT2D eigenvalue weighted by molar-refractivity contribution is 7.55.